The zero-order valence-electron chi connectivity index (χ0n) is 5.78. The molecule has 0 nitrogen and oxygen atoms in total. The summed E-state index contributed by atoms with van der Waals surface area (Å²) in [6, 6.07) is 0. The van der Waals surface area contributed by atoms with E-state index in [4.69, 9.17) is 2.97 Å². The SMILES string of the molecule is BrC1CCCC1.[2H][2H]. The molecule has 0 aromatic rings. The van der Waals surface area contributed by atoms with E-state index in [1.165, 1.54) is 25.7 Å². The maximum Gasteiger partial charge on any atom is 0.0145 e. The van der Waals surface area contributed by atoms with Crippen LogP contribution >= 0.6 is 15.9 Å². The summed E-state index contributed by atoms with van der Waals surface area (Å²) in [5, 5.41) is 0. The molecule has 0 atom stereocenters. The minimum absolute atomic E-state index is 0.859. The van der Waals surface area contributed by atoms with Crippen LogP contribution in [0, 0.1) is 0 Å². The van der Waals surface area contributed by atoms with Gasteiger partial charge in [-0.05, 0) is 12.8 Å². The van der Waals surface area contributed by atoms with Gasteiger partial charge in [-0.2, -0.15) is 0 Å². The van der Waals surface area contributed by atoms with Crippen LogP contribution in [0.1, 0.15) is 28.7 Å². The van der Waals surface area contributed by atoms with Gasteiger partial charge < -0.3 is 0 Å². The molecule has 0 saturated heterocycles. The summed E-state index contributed by atoms with van der Waals surface area (Å²) in [6.07, 6.45) is 5.69. The lowest BCUT2D eigenvalue weighted by Crippen LogP contribution is -1.81. The number of rotatable bonds is 0. The van der Waals surface area contributed by atoms with Crippen molar-refractivity contribution >= 4 is 15.9 Å². The molecule has 0 amide bonds. The Morgan fingerprint density at radius 1 is 1.50 bits per heavy atom. The maximum absolute atomic E-state index is 5.00. The minimum atomic E-state index is 0.859. The minimum Gasteiger partial charge on any atom is -0.0891 e. The fourth-order valence-corrected chi connectivity index (χ4v) is 1.52. The highest BCUT2D eigenvalue weighted by molar-refractivity contribution is 9.09. The van der Waals surface area contributed by atoms with Crippen molar-refractivity contribution in [1.29, 1.82) is 0 Å². The first-order valence-corrected chi connectivity index (χ1v) is 3.45. The summed E-state index contributed by atoms with van der Waals surface area (Å²) in [4.78, 5) is 0.859. The van der Waals surface area contributed by atoms with Crippen LogP contribution < -0.4 is 0 Å². The van der Waals surface area contributed by atoms with Gasteiger partial charge in [-0.1, -0.05) is 28.8 Å². The van der Waals surface area contributed by atoms with Crippen LogP contribution in [-0.4, -0.2) is 4.83 Å². The largest absolute Gasteiger partial charge is 0.0891 e. The van der Waals surface area contributed by atoms with Crippen LogP contribution in [0.25, 0.3) is 0 Å². The summed E-state index contributed by atoms with van der Waals surface area (Å²) in [5.74, 6) is 0. The van der Waals surface area contributed by atoms with Crippen molar-refractivity contribution < 1.29 is 2.97 Å². The molecular weight excluding hydrogens is 140 g/mol. The highest BCUT2D eigenvalue weighted by Crippen LogP contribution is 2.23. The van der Waals surface area contributed by atoms with Gasteiger partial charge in [-0.3, -0.25) is 0 Å². The summed E-state index contributed by atoms with van der Waals surface area (Å²) in [5.41, 5.74) is 0. The molecule has 0 spiro atoms. The molecule has 1 saturated carbocycles. The molecule has 0 bridgehead atoms. The summed E-state index contributed by atoms with van der Waals surface area (Å²) < 4.78 is 10.0. The van der Waals surface area contributed by atoms with E-state index >= 15 is 0 Å². The fraction of sp³-hybridized carbons (Fsp3) is 1.00. The second kappa shape index (κ2) is 1.97. The van der Waals surface area contributed by atoms with Gasteiger partial charge >= 0.3 is 0 Å². The molecular formula is C5H11Br. The first-order chi connectivity index (χ1) is 3.89. The molecule has 0 radical (unpaired) electrons. The van der Waals surface area contributed by atoms with Crippen molar-refractivity contribution in [2.75, 3.05) is 0 Å². The van der Waals surface area contributed by atoms with Gasteiger partial charge in [-0.15, -0.1) is 0 Å². The van der Waals surface area contributed by atoms with Gasteiger partial charge in [0.25, 0.3) is 0 Å². The van der Waals surface area contributed by atoms with Crippen LogP contribution in [0.5, 0.6) is 0 Å². The van der Waals surface area contributed by atoms with E-state index in [1.807, 2.05) is 0 Å². The molecule has 1 rings (SSSR count). The van der Waals surface area contributed by atoms with E-state index in [0.717, 1.165) is 4.83 Å². The third-order valence-corrected chi connectivity index (χ3v) is 2.20. The molecule has 6 heavy (non-hydrogen) atoms. The predicted molar refractivity (Wildman–Crippen MR) is 33.3 cm³/mol. The third kappa shape index (κ3) is 0.970. The Bertz CT molecular complexity index is 43.7. The molecule has 0 unspecified atom stereocenters. The van der Waals surface area contributed by atoms with Crippen LogP contribution in [0.4, 0.5) is 0 Å². The topological polar surface area (TPSA) is 0 Å². The maximum atomic E-state index is 5.00. The van der Waals surface area contributed by atoms with Crippen LogP contribution in [0.3, 0.4) is 0 Å². The second-order valence-electron chi connectivity index (χ2n) is 1.88. The van der Waals surface area contributed by atoms with Crippen molar-refractivity contribution in [2.45, 2.75) is 30.5 Å². The number of alkyl halides is 1. The number of halogens is 1. The predicted octanol–water partition coefficient (Wildman–Crippen LogP) is 2.57. The zero-order chi connectivity index (χ0) is 6.41. The molecule has 0 aliphatic heterocycles. The quantitative estimate of drug-likeness (QED) is 0.469. The highest BCUT2D eigenvalue weighted by Gasteiger charge is 2.09. The van der Waals surface area contributed by atoms with Crippen molar-refractivity contribution in [2.24, 2.45) is 0 Å². The molecule has 1 aliphatic rings. The average molecular weight is 153 g/mol. The van der Waals surface area contributed by atoms with Crippen molar-refractivity contribution in [3.63, 3.8) is 0 Å². The molecule has 0 heterocycles. The summed E-state index contributed by atoms with van der Waals surface area (Å²) in [7, 11) is 0. The van der Waals surface area contributed by atoms with Crippen molar-refractivity contribution in [3.05, 3.63) is 0 Å². The van der Waals surface area contributed by atoms with Crippen molar-refractivity contribution in [1.82, 2.24) is 0 Å². The van der Waals surface area contributed by atoms with E-state index in [1.54, 1.807) is 0 Å². The van der Waals surface area contributed by atoms with Crippen LogP contribution in [0.2, 0.25) is 0 Å². The summed E-state index contributed by atoms with van der Waals surface area (Å²) in [6.45, 7) is 0. The molecule has 38 valence electrons. The second-order valence-corrected chi connectivity index (χ2v) is 3.18. The Morgan fingerprint density at radius 2 is 2.00 bits per heavy atom. The monoisotopic (exact) mass is 152 g/mol. The Kier molecular flexibility index (Phi) is 1.14. The highest BCUT2D eigenvalue weighted by atomic mass is 79.9. The van der Waals surface area contributed by atoms with E-state index in [9.17, 15) is 0 Å². The van der Waals surface area contributed by atoms with Gasteiger partial charge in [-0.25, -0.2) is 0 Å². The molecule has 1 aliphatic carbocycles. The standard InChI is InChI=1S/C5H9Br.H2/c6-5-3-1-2-4-5;/h5H,1-4H2;1H/i;1+1D. The van der Waals surface area contributed by atoms with Gasteiger partial charge in [0.05, 0.1) is 0 Å². The van der Waals surface area contributed by atoms with Crippen LogP contribution in [-0.2, 0) is 0 Å². The molecule has 0 N–H and O–H groups in total. The van der Waals surface area contributed by atoms with Gasteiger partial charge in [0.2, 0.25) is 0 Å². The Hall–Kier alpha value is 0.480. The van der Waals surface area contributed by atoms with Gasteiger partial charge in [0.1, 0.15) is 0 Å². The fourth-order valence-electron chi connectivity index (χ4n) is 0.876. The third-order valence-electron chi connectivity index (χ3n) is 1.28. The Morgan fingerprint density at radius 3 is 2.17 bits per heavy atom. The zero-order valence-corrected chi connectivity index (χ0v) is 5.37. The summed E-state index contributed by atoms with van der Waals surface area (Å²) >= 11 is 3.54. The average Bonchev–Trinajstić information content (AvgIpc) is 2.24. The van der Waals surface area contributed by atoms with E-state index in [-0.39, 0.29) is 0 Å². The number of hydrogen-bond donors (Lipinski definition) is 0. The Balaban J connectivity index is 0.000000222. The lowest BCUT2D eigenvalue weighted by atomic mass is 10.4. The van der Waals surface area contributed by atoms with Crippen molar-refractivity contribution in [3.8, 4) is 0 Å². The van der Waals surface area contributed by atoms with Gasteiger partial charge in [0, 0.05) is 7.80 Å². The molecule has 0 aromatic heterocycles. The normalized spacial score (nSPS) is 26.8. The molecule has 1 heteroatoms. The first-order valence-electron chi connectivity index (χ1n) is 3.53. The van der Waals surface area contributed by atoms with E-state index in [0.29, 0.717) is 0 Å². The smallest absolute Gasteiger partial charge is 0.0145 e. The first kappa shape index (κ1) is 3.48. The lowest BCUT2D eigenvalue weighted by molar-refractivity contribution is 0.886. The van der Waals surface area contributed by atoms with E-state index in [2.05, 4.69) is 15.9 Å². The van der Waals surface area contributed by atoms with E-state index < -0.39 is 0 Å². The molecule has 1 fully saturated rings. The lowest BCUT2D eigenvalue weighted by Gasteiger charge is -1.88. The Labute approximate surface area is 50.1 Å². The molecule has 0 aromatic carbocycles. The van der Waals surface area contributed by atoms with Gasteiger partial charge in [0.15, 0.2) is 0 Å². The van der Waals surface area contributed by atoms with Crippen LogP contribution in [0.15, 0.2) is 0 Å². The number of hydrogen-bond acceptors (Lipinski definition) is 0.